The summed E-state index contributed by atoms with van der Waals surface area (Å²) in [5.41, 5.74) is 0. The third-order valence-electron chi connectivity index (χ3n) is 4.24. The molecule has 0 aromatic carbocycles. The van der Waals surface area contributed by atoms with Gasteiger partial charge in [0.2, 0.25) is 5.91 Å². The largest absolute Gasteiger partial charge is 0.378 e. The molecule has 1 rings (SSSR count). The maximum atomic E-state index is 11.8. The standard InChI is InChI=1S/C18H36N4O3/c1-6-24-16(14(2)3)9-10-19-18(21-13-17(23)22(4)5)20-12-15-8-7-11-25-15/h14-16H,6-13H2,1-5H3,(H2,19,20,21). The Balaban J connectivity index is 2.50. The van der Waals surface area contributed by atoms with Gasteiger partial charge >= 0.3 is 0 Å². The number of carbonyl (C=O) groups is 1. The maximum absolute atomic E-state index is 11.8. The molecule has 0 spiro atoms. The summed E-state index contributed by atoms with van der Waals surface area (Å²) in [4.78, 5) is 17.7. The zero-order chi connectivity index (χ0) is 18.7. The number of rotatable bonds is 10. The van der Waals surface area contributed by atoms with E-state index in [4.69, 9.17) is 9.47 Å². The summed E-state index contributed by atoms with van der Waals surface area (Å²) in [6, 6.07) is 0. The number of nitrogens with one attached hydrogen (secondary N) is 2. The molecule has 0 radical (unpaired) electrons. The van der Waals surface area contributed by atoms with Gasteiger partial charge in [0.15, 0.2) is 5.96 Å². The molecule has 1 fully saturated rings. The molecule has 1 aliphatic heterocycles. The molecule has 1 aliphatic rings. The van der Waals surface area contributed by atoms with Gasteiger partial charge in [-0.3, -0.25) is 4.79 Å². The summed E-state index contributed by atoms with van der Waals surface area (Å²) in [5, 5.41) is 6.61. The van der Waals surface area contributed by atoms with Gasteiger partial charge in [-0.15, -0.1) is 0 Å². The van der Waals surface area contributed by atoms with Crippen LogP contribution in [0.1, 0.15) is 40.0 Å². The zero-order valence-corrected chi connectivity index (χ0v) is 16.5. The van der Waals surface area contributed by atoms with Crippen molar-refractivity contribution in [2.75, 3.05) is 46.9 Å². The Bertz CT molecular complexity index is 407. The Morgan fingerprint density at radius 2 is 2.12 bits per heavy atom. The van der Waals surface area contributed by atoms with E-state index in [1.54, 1.807) is 19.0 Å². The molecule has 1 amide bonds. The lowest BCUT2D eigenvalue weighted by atomic mass is 10.0. The molecular formula is C18H36N4O3. The Hall–Kier alpha value is -1.34. The Kier molecular flexibility index (Phi) is 10.5. The van der Waals surface area contributed by atoms with Crippen LogP contribution in [0, 0.1) is 5.92 Å². The van der Waals surface area contributed by atoms with Crippen LogP contribution < -0.4 is 10.6 Å². The zero-order valence-electron chi connectivity index (χ0n) is 16.5. The lowest BCUT2D eigenvalue weighted by Gasteiger charge is -2.22. The number of ether oxygens (including phenoxy) is 2. The average Bonchev–Trinajstić information content (AvgIpc) is 3.08. The van der Waals surface area contributed by atoms with Crippen molar-refractivity contribution in [2.45, 2.75) is 52.2 Å². The average molecular weight is 357 g/mol. The predicted molar refractivity (Wildman–Crippen MR) is 101 cm³/mol. The second kappa shape index (κ2) is 12.1. The van der Waals surface area contributed by atoms with Gasteiger partial charge in [0, 0.05) is 40.4 Å². The smallest absolute Gasteiger partial charge is 0.243 e. The van der Waals surface area contributed by atoms with E-state index in [1.165, 1.54) is 0 Å². The number of nitrogens with zero attached hydrogens (tertiary/aromatic N) is 2. The number of guanidine groups is 1. The van der Waals surface area contributed by atoms with Gasteiger partial charge < -0.3 is 25.0 Å². The first-order valence-corrected chi connectivity index (χ1v) is 9.39. The van der Waals surface area contributed by atoms with Gasteiger partial charge in [-0.05, 0) is 32.1 Å². The predicted octanol–water partition coefficient (Wildman–Crippen LogP) is 1.24. The Morgan fingerprint density at radius 1 is 1.36 bits per heavy atom. The number of carbonyl (C=O) groups excluding carboxylic acids is 1. The van der Waals surface area contributed by atoms with Crippen LogP contribution >= 0.6 is 0 Å². The molecule has 25 heavy (non-hydrogen) atoms. The van der Waals surface area contributed by atoms with Crippen LogP contribution in [0.5, 0.6) is 0 Å². The van der Waals surface area contributed by atoms with Crippen molar-refractivity contribution in [1.29, 1.82) is 0 Å². The summed E-state index contributed by atoms with van der Waals surface area (Å²) in [7, 11) is 3.47. The minimum Gasteiger partial charge on any atom is -0.378 e. The van der Waals surface area contributed by atoms with Gasteiger partial charge in [-0.1, -0.05) is 13.8 Å². The Morgan fingerprint density at radius 3 is 2.68 bits per heavy atom. The highest BCUT2D eigenvalue weighted by molar-refractivity contribution is 5.84. The Labute approximate surface area is 152 Å². The number of hydrogen-bond donors (Lipinski definition) is 2. The minimum absolute atomic E-state index is 0.0208. The molecule has 0 bridgehead atoms. The molecule has 0 aromatic rings. The first kappa shape index (κ1) is 21.7. The summed E-state index contributed by atoms with van der Waals surface area (Å²) < 4.78 is 11.4. The third kappa shape index (κ3) is 9.07. The van der Waals surface area contributed by atoms with Gasteiger partial charge in [0.25, 0.3) is 0 Å². The highest BCUT2D eigenvalue weighted by atomic mass is 16.5. The maximum Gasteiger partial charge on any atom is 0.243 e. The monoisotopic (exact) mass is 356 g/mol. The van der Waals surface area contributed by atoms with E-state index in [0.29, 0.717) is 18.4 Å². The molecule has 2 N–H and O–H groups in total. The molecule has 1 heterocycles. The third-order valence-corrected chi connectivity index (χ3v) is 4.24. The molecular weight excluding hydrogens is 320 g/mol. The molecule has 0 aromatic heterocycles. The van der Waals surface area contributed by atoms with Crippen molar-refractivity contribution in [3.05, 3.63) is 0 Å². The molecule has 7 nitrogen and oxygen atoms in total. The quantitative estimate of drug-likeness (QED) is 0.455. The van der Waals surface area contributed by atoms with Gasteiger partial charge in [-0.2, -0.15) is 0 Å². The second-order valence-electron chi connectivity index (χ2n) is 6.92. The minimum atomic E-state index is -0.0208. The van der Waals surface area contributed by atoms with E-state index in [-0.39, 0.29) is 24.7 Å². The molecule has 0 aliphatic carbocycles. The van der Waals surface area contributed by atoms with Crippen LogP contribution in [0.15, 0.2) is 4.99 Å². The summed E-state index contributed by atoms with van der Waals surface area (Å²) in [6.45, 7) is 9.49. The van der Waals surface area contributed by atoms with Crippen LogP contribution in [-0.4, -0.2) is 75.9 Å². The van der Waals surface area contributed by atoms with E-state index in [2.05, 4.69) is 29.5 Å². The molecule has 2 unspecified atom stereocenters. The second-order valence-corrected chi connectivity index (χ2v) is 6.92. The highest BCUT2D eigenvalue weighted by Crippen LogP contribution is 2.11. The molecule has 0 saturated carbocycles. The van der Waals surface area contributed by atoms with E-state index in [1.807, 2.05) is 6.92 Å². The first-order valence-electron chi connectivity index (χ1n) is 9.39. The van der Waals surface area contributed by atoms with Crippen LogP contribution in [0.2, 0.25) is 0 Å². The fraction of sp³-hybridized carbons (Fsp3) is 0.889. The van der Waals surface area contributed by atoms with Gasteiger partial charge in [0.05, 0.1) is 12.2 Å². The molecule has 146 valence electrons. The van der Waals surface area contributed by atoms with Crippen LogP contribution in [-0.2, 0) is 14.3 Å². The summed E-state index contributed by atoms with van der Waals surface area (Å²) >= 11 is 0. The summed E-state index contributed by atoms with van der Waals surface area (Å²) in [6.07, 6.45) is 3.52. The fourth-order valence-corrected chi connectivity index (χ4v) is 2.63. The topological polar surface area (TPSA) is 75.2 Å². The van der Waals surface area contributed by atoms with Gasteiger partial charge in [0.1, 0.15) is 6.54 Å². The fourth-order valence-electron chi connectivity index (χ4n) is 2.63. The van der Waals surface area contributed by atoms with E-state index in [9.17, 15) is 4.79 Å². The SMILES string of the molecule is CCOC(CCNC(=NCC(=O)N(C)C)NCC1CCCO1)C(C)C. The van der Waals surface area contributed by atoms with Crippen molar-refractivity contribution < 1.29 is 14.3 Å². The number of likely N-dealkylation sites (N-methyl/N-ethyl adjacent to an activating group) is 1. The molecule has 2 atom stereocenters. The summed E-state index contributed by atoms with van der Waals surface area (Å²) in [5.74, 6) is 1.11. The lowest BCUT2D eigenvalue weighted by Crippen LogP contribution is -2.43. The van der Waals surface area contributed by atoms with Crippen molar-refractivity contribution in [3.63, 3.8) is 0 Å². The van der Waals surface area contributed by atoms with Crippen LogP contribution in [0.3, 0.4) is 0 Å². The van der Waals surface area contributed by atoms with E-state index < -0.39 is 0 Å². The van der Waals surface area contributed by atoms with Crippen LogP contribution in [0.4, 0.5) is 0 Å². The number of hydrogen-bond acceptors (Lipinski definition) is 4. The normalized spacial score (nSPS) is 19.1. The molecule has 1 saturated heterocycles. The van der Waals surface area contributed by atoms with E-state index >= 15 is 0 Å². The number of amides is 1. The van der Waals surface area contributed by atoms with Crippen molar-refractivity contribution >= 4 is 11.9 Å². The van der Waals surface area contributed by atoms with Crippen LogP contribution in [0.25, 0.3) is 0 Å². The van der Waals surface area contributed by atoms with E-state index in [0.717, 1.165) is 39.0 Å². The van der Waals surface area contributed by atoms with Crippen molar-refractivity contribution in [2.24, 2.45) is 10.9 Å². The van der Waals surface area contributed by atoms with Crippen molar-refractivity contribution in [3.8, 4) is 0 Å². The van der Waals surface area contributed by atoms with Gasteiger partial charge in [-0.25, -0.2) is 4.99 Å². The van der Waals surface area contributed by atoms with Crippen molar-refractivity contribution in [1.82, 2.24) is 15.5 Å². The lowest BCUT2D eigenvalue weighted by molar-refractivity contribution is -0.127. The first-order chi connectivity index (χ1) is 11.9. The number of aliphatic imine (C=N–C) groups is 1. The molecule has 7 heteroatoms. The highest BCUT2D eigenvalue weighted by Gasteiger charge is 2.17.